The van der Waals surface area contributed by atoms with Crippen molar-refractivity contribution in [3.63, 3.8) is 0 Å². The van der Waals surface area contributed by atoms with E-state index in [1.54, 1.807) is 6.92 Å². The normalized spacial score (nSPS) is 15.1. The lowest BCUT2D eigenvalue weighted by Gasteiger charge is -2.30. The van der Waals surface area contributed by atoms with Crippen LogP contribution in [0.15, 0.2) is 0 Å². The van der Waals surface area contributed by atoms with Crippen LogP contribution in [0, 0.1) is 0 Å². The van der Waals surface area contributed by atoms with E-state index < -0.39 is 30.1 Å². The maximum absolute atomic E-state index is 12.8. The second-order valence-corrected chi connectivity index (χ2v) is 3.68. The van der Waals surface area contributed by atoms with Crippen molar-refractivity contribution in [3.05, 3.63) is 0 Å². The van der Waals surface area contributed by atoms with Gasteiger partial charge in [0.1, 0.15) is 0 Å². The minimum Gasteiger partial charge on any atom is -0.478 e. The van der Waals surface area contributed by atoms with Gasteiger partial charge in [-0.1, -0.05) is 19.8 Å². The van der Waals surface area contributed by atoms with Crippen LogP contribution in [0.25, 0.3) is 0 Å². The molecule has 0 aromatic carbocycles. The monoisotopic (exact) mass is 256 g/mol. The fraction of sp³-hybridized carbons (Fsp3) is 0.800. The van der Waals surface area contributed by atoms with Crippen molar-refractivity contribution in [2.75, 3.05) is 0 Å². The molecule has 1 atom stereocenters. The van der Waals surface area contributed by atoms with E-state index in [4.69, 9.17) is 5.11 Å². The van der Waals surface area contributed by atoms with Gasteiger partial charge in [0.25, 0.3) is 0 Å². The first kappa shape index (κ1) is 15.7. The van der Waals surface area contributed by atoms with Crippen molar-refractivity contribution < 1.29 is 32.6 Å². The number of hydrogen-bond donors (Lipinski definition) is 1. The summed E-state index contributed by atoms with van der Waals surface area (Å²) in [7, 11) is 0. The summed E-state index contributed by atoms with van der Waals surface area (Å²) in [5.74, 6) is -3.45. The van der Waals surface area contributed by atoms with Crippen molar-refractivity contribution in [2.45, 2.75) is 51.3 Å². The van der Waals surface area contributed by atoms with Crippen molar-refractivity contribution in [3.8, 4) is 0 Å². The highest BCUT2D eigenvalue weighted by atomic mass is 19.4. The van der Waals surface area contributed by atoms with Crippen LogP contribution in [-0.4, -0.2) is 28.8 Å². The first-order valence-corrected chi connectivity index (χ1v) is 5.17. The number of unbranched alkanes of at least 4 members (excludes halogenated alkanes) is 2. The van der Waals surface area contributed by atoms with Crippen molar-refractivity contribution in [1.82, 2.24) is 0 Å². The summed E-state index contributed by atoms with van der Waals surface area (Å²) in [4.78, 5) is 21.5. The number of halogens is 3. The Morgan fingerprint density at radius 1 is 1.24 bits per heavy atom. The molecule has 0 saturated carbocycles. The predicted octanol–water partition coefficient (Wildman–Crippen LogP) is 2.52. The number of rotatable bonds is 6. The van der Waals surface area contributed by atoms with Gasteiger partial charge in [-0.15, -0.1) is 0 Å². The molecule has 0 aliphatic heterocycles. The van der Waals surface area contributed by atoms with Crippen LogP contribution in [0.2, 0.25) is 0 Å². The minimum absolute atomic E-state index is 0.0234. The van der Waals surface area contributed by atoms with E-state index in [-0.39, 0.29) is 6.42 Å². The number of esters is 1. The number of carboxylic acids is 1. The number of alkyl halides is 3. The van der Waals surface area contributed by atoms with Crippen molar-refractivity contribution in [2.24, 2.45) is 0 Å². The standard InChI is InChI=1S/C10H15F3O4/c1-3-4-5-6-9(8(15)16,10(11,12)13)17-7(2)14/h3-6H2,1-2H3,(H,15,16). The molecule has 0 aliphatic carbocycles. The van der Waals surface area contributed by atoms with E-state index in [1.807, 2.05) is 0 Å². The van der Waals surface area contributed by atoms with Crippen LogP contribution < -0.4 is 0 Å². The molecule has 1 unspecified atom stereocenters. The molecular weight excluding hydrogens is 241 g/mol. The second kappa shape index (κ2) is 5.88. The van der Waals surface area contributed by atoms with Gasteiger partial charge in [-0.05, 0) is 6.42 Å². The Kier molecular flexibility index (Phi) is 5.44. The van der Waals surface area contributed by atoms with E-state index in [0.29, 0.717) is 12.8 Å². The molecule has 7 heteroatoms. The minimum atomic E-state index is -5.13. The summed E-state index contributed by atoms with van der Waals surface area (Å²) in [6, 6.07) is 0. The molecule has 0 heterocycles. The Morgan fingerprint density at radius 2 is 1.76 bits per heavy atom. The first-order valence-electron chi connectivity index (χ1n) is 5.17. The van der Waals surface area contributed by atoms with Crippen LogP contribution >= 0.6 is 0 Å². The third-order valence-corrected chi connectivity index (χ3v) is 2.25. The van der Waals surface area contributed by atoms with Gasteiger partial charge in [0.2, 0.25) is 0 Å². The highest BCUT2D eigenvalue weighted by Gasteiger charge is 2.63. The van der Waals surface area contributed by atoms with Crippen LogP contribution in [0.3, 0.4) is 0 Å². The third kappa shape index (κ3) is 3.90. The van der Waals surface area contributed by atoms with Crippen LogP contribution in [0.1, 0.15) is 39.5 Å². The molecule has 100 valence electrons. The van der Waals surface area contributed by atoms with Gasteiger partial charge in [-0.25, -0.2) is 4.79 Å². The van der Waals surface area contributed by atoms with Crippen LogP contribution in [0.4, 0.5) is 13.2 Å². The SMILES string of the molecule is CCCCCC(OC(C)=O)(C(=O)O)C(F)(F)F. The molecule has 0 radical (unpaired) electrons. The topological polar surface area (TPSA) is 63.6 Å². The number of carbonyl (C=O) groups excluding carboxylic acids is 1. The van der Waals surface area contributed by atoms with Crippen molar-refractivity contribution in [1.29, 1.82) is 0 Å². The zero-order valence-electron chi connectivity index (χ0n) is 9.63. The smallest absolute Gasteiger partial charge is 0.439 e. The molecule has 1 N–H and O–H groups in total. The molecule has 4 nitrogen and oxygen atoms in total. The quantitative estimate of drug-likeness (QED) is 0.586. The van der Waals surface area contributed by atoms with Gasteiger partial charge in [-0.3, -0.25) is 4.79 Å². The highest BCUT2D eigenvalue weighted by molar-refractivity contribution is 5.82. The molecular formula is C10H15F3O4. The molecule has 17 heavy (non-hydrogen) atoms. The zero-order valence-corrected chi connectivity index (χ0v) is 9.63. The Balaban J connectivity index is 5.11. The first-order chi connectivity index (χ1) is 7.67. The van der Waals surface area contributed by atoms with Crippen LogP contribution in [-0.2, 0) is 14.3 Å². The third-order valence-electron chi connectivity index (χ3n) is 2.25. The van der Waals surface area contributed by atoms with Gasteiger partial charge < -0.3 is 9.84 Å². The number of carbonyl (C=O) groups is 2. The summed E-state index contributed by atoms with van der Waals surface area (Å²) in [6.07, 6.45) is -4.80. The number of aliphatic carboxylic acids is 1. The van der Waals surface area contributed by atoms with Gasteiger partial charge in [0.15, 0.2) is 0 Å². The lowest BCUT2D eigenvalue weighted by molar-refractivity contribution is -0.270. The summed E-state index contributed by atoms with van der Waals surface area (Å²) in [5.41, 5.74) is -3.42. The van der Waals surface area contributed by atoms with Gasteiger partial charge in [0, 0.05) is 13.3 Å². The number of carboxylic acid groups (broad SMARTS) is 1. The van der Waals surface area contributed by atoms with Gasteiger partial charge in [0.05, 0.1) is 0 Å². The molecule has 0 spiro atoms. The molecule has 0 fully saturated rings. The van der Waals surface area contributed by atoms with Gasteiger partial charge >= 0.3 is 23.7 Å². The van der Waals surface area contributed by atoms with E-state index in [1.165, 1.54) is 0 Å². The lowest BCUT2D eigenvalue weighted by atomic mass is 9.95. The largest absolute Gasteiger partial charge is 0.478 e. The molecule has 0 saturated heterocycles. The fourth-order valence-electron chi connectivity index (χ4n) is 1.39. The molecule has 0 aromatic heterocycles. The summed E-state index contributed by atoms with van der Waals surface area (Å²) in [6.45, 7) is 2.52. The summed E-state index contributed by atoms with van der Waals surface area (Å²) >= 11 is 0. The Morgan fingerprint density at radius 3 is 2.06 bits per heavy atom. The zero-order chi connectivity index (χ0) is 13.7. The highest BCUT2D eigenvalue weighted by Crippen LogP contribution is 2.38. The second-order valence-electron chi connectivity index (χ2n) is 3.68. The average Bonchev–Trinajstić information content (AvgIpc) is 2.13. The molecule has 0 aromatic rings. The summed E-state index contributed by atoms with van der Waals surface area (Å²) in [5, 5.41) is 8.71. The van der Waals surface area contributed by atoms with E-state index in [0.717, 1.165) is 6.92 Å². The maximum atomic E-state index is 12.8. The summed E-state index contributed by atoms with van der Waals surface area (Å²) < 4.78 is 42.3. The predicted molar refractivity (Wildman–Crippen MR) is 52.3 cm³/mol. The lowest BCUT2D eigenvalue weighted by Crippen LogP contribution is -2.55. The van der Waals surface area contributed by atoms with E-state index >= 15 is 0 Å². The molecule has 0 amide bonds. The average molecular weight is 256 g/mol. The maximum Gasteiger partial charge on any atom is 0.439 e. The van der Waals surface area contributed by atoms with Gasteiger partial charge in [-0.2, -0.15) is 13.2 Å². The van der Waals surface area contributed by atoms with Crippen molar-refractivity contribution >= 4 is 11.9 Å². The Bertz CT molecular complexity index is 288. The number of ether oxygens (including phenoxy) is 1. The molecule has 0 bridgehead atoms. The Hall–Kier alpha value is -1.27. The van der Waals surface area contributed by atoms with E-state index in [9.17, 15) is 22.8 Å². The molecule has 0 rings (SSSR count). The van der Waals surface area contributed by atoms with Crippen LogP contribution in [0.5, 0.6) is 0 Å². The Labute approximate surface area is 96.8 Å². The number of hydrogen-bond acceptors (Lipinski definition) is 3. The molecule has 0 aliphatic rings. The van der Waals surface area contributed by atoms with E-state index in [2.05, 4.69) is 4.74 Å². The fourth-order valence-corrected chi connectivity index (χ4v) is 1.39.